The van der Waals surface area contributed by atoms with Gasteiger partial charge in [0.15, 0.2) is 5.65 Å². The van der Waals surface area contributed by atoms with E-state index in [2.05, 4.69) is 15.4 Å². The number of aryl methyl sites for hydroxylation is 2. The van der Waals surface area contributed by atoms with Crippen LogP contribution in [0.15, 0.2) is 30.5 Å². The first-order valence-corrected chi connectivity index (χ1v) is 10.4. The average molecular weight is 424 g/mol. The Hall–Kier alpha value is -3.42. The molecule has 0 radical (unpaired) electrons. The summed E-state index contributed by atoms with van der Waals surface area (Å²) in [6.07, 6.45) is 2.34. The molecule has 164 valence electrons. The Balaban J connectivity index is 1.68. The molecule has 3 rings (SSSR count). The molecule has 0 bridgehead atoms. The minimum Gasteiger partial charge on any atom is -0.491 e. The summed E-state index contributed by atoms with van der Waals surface area (Å²) in [6, 6.07) is 7.61. The summed E-state index contributed by atoms with van der Waals surface area (Å²) in [6.45, 7) is 9.67. The summed E-state index contributed by atoms with van der Waals surface area (Å²) in [4.78, 5) is 28.6. The molecule has 1 aromatic carbocycles. The van der Waals surface area contributed by atoms with Gasteiger partial charge in [0.1, 0.15) is 11.3 Å². The number of amides is 2. The van der Waals surface area contributed by atoms with E-state index in [1.54, 1.807) is 4.52 Å². The van der Waals surface area contributed by atoms with Gasteiger partial charge in [-0.2, -0.15) is 5.10 Å². The normalized spacial score (nSPS) is 12.2. The van der Waals surface area contributed by atoms with Crippen molar-refractivity contribution in [1.82, 2.24) is 19.9 Å². The molecule has 2 amide bonds. The van der Waals surface area contributed by atoms with Crippen LogP contribution in [0.25, 0.3) is 5.65 Å². The van der Waals surface area contributed by atoms with Gasteiger partial charge in [0.2, 0.25) is 5.91 Å². The highest BCUT2D eigenvalue weighted by atomic mass is 16.5. The molecule has 0 saturated carbocycles. The standard InChI is InChI=1S/C23H29N5O3/c1-13(2)31-18-8-6-7-17(11-18)14(3)26-21(29)10-9-19-15(4)27-23-20(22(24)30)12-25-28(23)16(19)5/h6-8,11-14H,9-10H2,1-5H3,(H2,24,30)(H,26,29). The van der Waals surface area contributed by atoms with Gasteiger partial charge in [-0.25, -0.2) is 9.50 Å². The maximum atomic E-state index is 12.6. The molecule has 1 atom stereocenters. The van der Waals surface area contributed by atoms with Crippen LogP contribution in [0.5, 0.6) is 5.75 Å². The van der Waals surface area contributed by atoms with Crippen LogP contribution < -0.4 is 15.8 Å². The SMILES string of the molecule is Cc1nc2c(C(N)=O)cnn2c(C)c1CCC(=O)NC(C)c1cccc(OC(C)C)c1. The molecule has 1 unspecified atom stereocenters. The predicted octanol–water partition coefficient (Wildman–Crippen LogP) is 3.04. The van der Waals surface area contributed by atoms with Crippen LogP contribution >= 0.6 is 0 Å². The zero-order valence-corrected chi connectivity index (χ0v) is 18.6. The van der Waals surface area contributed by atoms with E-state index in [0.29, 0.717) is 18.5 Å². The second-order valence-corrected chi connectivity index (χ2v) is 7.95. The molecule has 0 spiro atoms. The minimum atomic E-state index is -0.565. The van der Waals surface area contributed by atoms with Crippen LogP contribution in [0.4, 0.5) is 0 Å². The van der Waals surface area contributed by atoms with Crippen molar-refractivity contribution in [2.24, 2.45) is 5.73 Å². The van der Waals surface area contributed by atoms with Crippen molar-refractivity contribution in [2.45, 2.75) is 59.6 Å². The third kappa shape index (κ3) is 5.02. The lowest BCUT2D eigenvalue weighted by atomic mass is 10.0. The number of nitrogens with one attached hydrogen (secondary N) is 1. The maximum Gasteiger partial charge on any atom is 0.254 e. The number of nitrogens with zero attached hydrogens (tertiary/aromatic N) is 3. The fraction of sp³-hybridized carbons (Fsp3) is 0.391. The molecule has 2 aromatic heterocycles. The summed E-state index contributed by atoms with van der Waals surface area (Å²) >= 11 is 0. The summed E-state index contributed by atoms with van der Waals surface area (Å²) in [5.74, 6) is 0.166. The van der Waals surface area contributed by atoms with Gasteiger partial charge in [-0.05, 0) is 64.3 Å². The molecule has 0 aliphatic heterocycles. The van der Waals surface area contributed by atoms with E-state index in [9.17, 15) is 9.59 Å². The van der Waals surface area contributed by atoms with Crippen LogP contribution in [-0.4, -0.2) is 32.5 Å². The highest BCUT2D eigenvalue weighted by Gasteiger charge is 2.18. The predicted molar refractivity (Wildman–Crippen MR) is 118 cm³/mol. The third-order valence-electron chi connectivity index (χ3n) is 5.18. The first kappa shape index (κ1) is 22.3. The zero-order chi connectivity index (χ0) is 22.7. The Morgan fingerprint density at radius 3 is 2.65 bits per heavy atom. The maximum absolute atomic E-state index is 12.6. The highest BCUT2D eigenvalue weighted by molar-refractivity contribution is 5.98. The Bertz CT molecular complexity index is 1120. The number of rotatable bonds is 8. The number of hydrogen-bond donors (Lipinski definition) is 2. The van der Waals surface area contributed by atoms with Crippen molar-refractivity contribution in [2.75, 3.05) is 0 Å². The van der Waals surface area contributed by atoms with E-state index in [4.69, 9.17) is 10.5 Å². The first-order valence-electron chi connectivity index (χ1n) is 10.4. The third-order valence-corrected chi connectivity index (χ3v) is 5.18. The largest absolute Gasteiger partial charge is 0.491 e. The fourth-order valence-corrected chi connectivity index (χ4v) is 3.61. The number of fused-ring (bicyclic) bond motifs is 1. The fourth-order valence-electron chi connectivity index (χ4n) is 3.61. The highest BCUT2D eigenvalue weighted by Crippen LogP contribution is 2.21. The van der Waals surface area contributed by atoms with Gasteiger partial charge in [-0.1, -0.05) is 12.1 Å². The van der Waals surface area contributed by atoms with Gasteiger partial charge >= 0.3 is 0 Å². The van der Waals surface area contributed by atoms with Crippen molar-refractivity contribution in [3.05, 3.63) is 58.5 Å². The molecule has 3 aromatic rings. The van der Waals surface area contributed by atoms with Crippen molar-refractivity contribution >= 4 is 17.5 Å². The zero-order valence-electron chi connectivity index (χ0n) is 18.6. The van der Waals surface area contributed by atoms with Gasteiger partial charge in [0.05, 0.1) is 18.3 Å². The lowest BCUT2D eigenvalue weighted by Gasteiger charge is -2.17. The minimum absolute atomic E-state index is 0.0557. The topological polar surface area (TPSA) is 112 Å². The van der Waals surface area contributed by atoms with Gasteiger partial charge in [-0.3, -0.25) is 9.59 Å². The molecule has 8 heteroatoms. The number of hydrogen-bond acceptors (Lipinski definition) is 5. The number of carbonyl (C=O) groups is 2. The van der Waals surface area contributed by atoms with Crippen molar-refractivity contribution in [3.63, 3.8) is 0 Å². The van der Waals surface area contributed by atoms with Gasteiger partial charge in [0.25, 0.3) is 5.91 Å². The quantitative estimate of drug-likeness (QED) is 0.578. The molecular weight excluding hydrogens is 394 g/mol. The number of primary amides is 1. The van der Waals surface area contributed by atoms with Crippen LogP contribution in [0, 0.1) is 13.8 Å². The van der Waals surface area contributed by atoms with Crippen LogP contribution in [0.1, 0.15) is 66.1 Å². The lowest BCUT2D eigenvalue weighted by Crippen LogP contribution is -2.27. The number of ether oxygens (including phenoxy) is 1. The smallest absolute Gasteiger partial charge is 0.254 e. The molecular formula is C23H29N5O3. The summed E-state index contributed by atoms with van der Waals surface area (Å²) < 4.78 is 7.34. The Morgan fingerprint density at radius 2 is 1.97 bits per heavy atom. The Morgan fingerprint density at radius 1 is 1.23 bits per heavy atom. The first-order chi connectivity index (χ1) is 14.7. The van der Waals surface area contributed by atoms with Crippen molar-refractivity contribution in [3.8, 4) is 5.75 Å². The molecule has 3 N–H and O–H groups in total. The Kier molecular flexibility index (Phi) is 6.58. The van der Waals surface area contributed by atoms with E-state index in [1.807, 2.05) is 58.9 Å². The molecule has 31 heavy (non-hydrogen) atoms. The second kappa shape index (κ2) is 9.16. The summed E-state index contributed by atoms with van der Waals surface area (Å²) in [5.41, 5.74) is 9.63. The lowest BCUT2D eigenvalue weighted by molar-refractivity contribution is -0.121. The summed E-state index contributed by atoms with van der Waals surface area (Å²) in [7, 11) is 0. The second-order valence-electron chi connectivity index (χ2n) is 7.95. The molecule has 2 heterocycles. The van der Waals surface area contributed by atoms with Crippen LogP contribution in [0.3, 0.4) is 0 Å². The molecule has 0 aliphatic rings. The van der Waals surface area contributed by atoms with E-state index in [1.165, 1.54) is 6.20 Å². The molecule has 8 nitrogen and oxygen atoms in total. The van der Waals surface area contributed by atoms with E-state index >= 15 is 0 Å². The number of carbonyl (C=O) groups excluding carboxylic acids is 2. The number of nitrogens with two attached hydrogens (primary N) is 1. The van der Waals surface area contributed by atoms with Gasteiger partial charge in [-0.15, -0.1) is 0 Å². The number of aromatic nitrogens is 3. The molecule has 0 aliphatic carbocycles. The van der Waals surface area contributed by atoms with Crippen molar-refractivity contribution < 1.29 is 14.3 Å². The van der Waals surface area contributed by atoms with Crippen molar-refractivity contribution in [1.29, 1.82) is 0 Å². The van der Waals surface area contributed by atoms with Gasteiger partial charge in [0, 0.05) is 17.8 Å². The average Bonchev–Trinajstić information content (AvgIpc) is 3.11. The van der Waals surface area contributed by atoms with E-state index < -0.39 is 5.91 Å². The van der Waals surface area contributed by atoms with Crippen LogP contribution in [0.2, 0.25) is 0 Å². The number of benzene rings is 1. The Labute approximate surface area is 181 Å². The summed E-state index contributed by atoms with van der Waals surface area (Å²) in [5, 5.41) is 7.27. The van der Waals surface area contributed by atoms with E-state index in [0.717, 1.165) is 28.3 Å². The monoisotopic (exact) mass is 423 g/mol. The molecule has 0 saturated heterocycles. The van der Waals surface area contributed by atoms with Crippen LogP contribution in [-0.2, 0) is 11.2 Å². The van der Waals surface area contributed by atoms with Gasteiger partial charge < -0.3 is 15.8 Å². The molecule has 0 fully saturated rings. The van der Waals surface area contributed by atoms with E-state index in [-0.39, 0.29) is 23.6 Å².